The molecule has 3 nitrogen and oxygen atoms in total. The molecule has 4 heteroatoms. The molecule has 2 aromatic heterocycles. The largest absolute Gasteiger partial charge is 0.349 e. The van der Waals surface area contributed by atoms with Gasteiger partial charge in [0.2, 0.25) is 5.95 Å². The average molecular weight is 233 g/mol. The second-order valence-electron chi connectivity index (χ2n) is 3.66. The minimum absolute atomic E-state index is 0.692. The van der Waals surface area contributed by atoms with Gasteiger partial charge in [-0.15, -0.1) is 11.3 Å². The highest BCUT2D eigenvalue weighted by Gasteiger charge is 1.99. The fourth-order valence-corrected chi connectivity index (χ4v) is 2.26. The molecule has 0 aliphatic carbocycles. The third kappa shape index (κ3) is 2.79. The number of aryl methyl sites for hydroxylation is 2. The number of rotatable bonds is 4. The van der Waals surface area contributed by atoms with Crippen LogP contribution in [0.4, 0.5) is 5.95 Å². The molecule has 2 aromatic rings. The zero-order valence-corrected chi connectivity index (χ0v) is 10.3. The van der Waals surface area contributed by atoms with Gasteiger partial charge in [0.05, 0.1) is 6.54 Å². The Bertz CT molecular complexity index is 448. The predicted molar refractivity (Wildman–Crippen MR) is 67.8 cm³/mol. The second kappa shape index (κ2) is 5.07. The van der Waals surface area contributed by atoms with Gasteiger partial charge in [0.25, 0.3) is 0 Å². The van der Waals surface area contributed by atoms with E-state index in [4.69, 9.17) is 0 Å². The molecule has 0 spiro atoms. The van der Waals surface area contributed by atoms with Crippen LogP contribution in [0.1, 0.15) is 22.2 Å². The lowest BCUT2D eigenvalue weighted by Gasteiger charge is -2.02. The average Bonchev–Trinajstić information content (AvgIpc) is 2.76. The van der Waals surface area contributed by atoms with E-state index in [0.29, 0.717) is 5.95 Å². The van der Waals surface area contributed by atoms with Crippen LogP contribution in [0, 0.1) is 6.92 Å². The van der Waals surface area contributed by atoms with Crippen LogP contribution in [0.5, 0.6) is 0 Å². The number of nitrogens with zero attached hydrogens (tertiary/aromatic N) is 2. The van der Waals surface area contributed by atoms with Crippen molar-refractivity contribution in [2.24, 2.45) is 0 Å². The SMILES string of the molecule is CCc1ccc(CNc2ncc(C)cn2)s1. The summed E-state index contributed by atoms with van der Waals surface area (Å²) >= 11 is 1.84. The van der Waals surface area contributed by atoms with E-state index in [1.165, 1.54) is 9.75 Å². The summed E-state index contributed by atoms with van der Waals surface area (Å²) in [5.74, 6) is 0.692. The summed E-state index contributed by atoms with van der Waals surface area (Å²) in [6.07, 6.45) is 4.74. The molecule has 16 heavy (non-hydrogen) atoms. The van der Waals surface area contributed by atoms with Gasteiger partial charge in [0.1, 0.15) is 0 Å². The van der Waals surface area contributed by atoms with Crippen molar-refractivity contribution in [3.05, 3.63) is 39.8 Å². The van der Waals surface area contributed by atoms with E-state index in [9.17, 15) is 0 Å². The minimum Gasteiger partial charge on any atom is -0.349 e. The van der Waals surface area contributed by atoms with Crippen molar-refractivity contribution in [3.8, 4) is 0 Å². The van der Waals surface area contributed by atoms with E-state index < -0.39 is 0 Å². The van der Waals surface area contributed by atoms with E-state index in [1.54, 1.807) is 0 Å². The summed E-state index contributed by atoms with van der Waals surface area (Å²) in [6.45, 7) is 4.95. The highest BCUT2D eigenvalue weighted by molar-refractivity contribution is 7.12. The monoisotopic (exact) mass is 233 g/mol. The summed E-state index contributed by atoms with van der Waals surface area (Å²) < 4.78 is 0. The molecule has 2 rings (SSSR count). The Kier molecular flexibility index (Phi) is 3.51. The first-order chi connectivity index (χ1) is 7.78. The normalized spacial score (nSPS) is 10.4. The molecule has 0 aromatic carbocycles. The number of aromatic nitrogens is 2. The van der Waals surface area contributed by atoms with Crippen LogP contribution in [0.2, 0.25) is 0 Å². The summed E-state index contributed by atoms with van der Waals surface area (Å²) in [7, 11) is 0. The molecule has 84 valence electrons. The van der Waals surface area contributed by atoms with Gasteiger partial charge in [-0.3, -0.25) is 0 Å². The van der Waals surface area contributed by atoms with Crippen molar-refractivity contribution >= 4 is 17.3 Å². The van der Waals surface area contributed by atoms with Crippen LogP contribution in [-0.2, 0) is 13.0 Å². The fraction of sp³-hybridized carbons (Fsp3) is 0.333. The lowest BCUT2D eigenvalue weighted by atomic mass is 10.3. The van der Waals surface area contributed by atoms with Crippen LogP contribution in [0.15, 0.2) is 24.5 Å². The smallest absolute Gasteiger partial charge is 0.222 e. The first kappa shape index (κ1) is 11.1. The number of hydrogen-bond donors (Lipinski definition) is 1. The molecule has 0 unspecified atom stereocenters. The van der Waals surface area contributed by atoms with Crippen LogP contribution in [-0.4, -0.2) is 9.97 Å². The number of nitrogens with one attached hydrogen (secondary N) is 1. The van der Waals surface area contributed by atoms with E-state index >= 15 is 0 Å². The fourth-order valence-electron chi connectivity index (χ4n) is 1.36. The Hall–Kier alpha value is -1.42. The maximum atomic E-state index is 4.20. The molecule has 0 radical (unpaired) electrons. The highest BCUT2D eigenvalue weighted by atomic mass is 32.1. The number of anilines is 1. The molecule has 0 aliphatic heterocycles. The zero-order valence-electron chi connectivity index (χ0n) is 9.53. The van der Waals surface area contributed by atoms with Gasteiger partial charge >= 0.3 is 0 Å². The van der Waals surface area contributed by atoms with E-state index in [0.717, 1.165) is 18.5 Å². The third-order valence-corrected chi connectivity index (χ3v) is 3.50. The predicted octanol–water partition coefficient (Wildman–Crippen LogP) is 3.02. The van der Waals surface area contributed by atoms with E-state index in [2.05, 4.69) is 34.3 Å². The van der Waals surface area contributed by atoms with Gasteiger partial charge in [-0.05, 0) is 31.0 Å². The highest BCUT2D eigenvalue weighted by Crippen LogP contribution is 2.17. The quantitative estimate of drug-likeness (QED) is 0.882. The molecule has 0 bridgehead atoms. The van der Waals surface area contributed by atoms with Gasteiger partial charge in [-0.2, -0.15) is 0 Å². The number of hydrogen-bond acceptors (Lipinski definition) is 4. The third-order valence-electron chi connectivity index (χ3n) is 2.27. The van der Waals surface area contributed by atoms with Crippen LogP contribution < -0.4 is 5.32 Å². The Morgan fingerprint density at radius 1 is 1.19 bits per heavy atom. The van der Waals surface area contributed by atoms with Crippen LogP contribution >= 0.6 is 11.3 Å². The summed E-state index contributed by atoms with van der Waals surface area (Å²) in [4.78, 5) is 11.1. The van der Waals surface area contributed by atoms with Crippen molar-refractivity contribution in [2.75, 3.05) is 5.32 Å². The van der Waals surface area contributed by atoms with E-state index in [-0.39, 0.29) is 0 Å². The van der Waals surface area contributed by atoms with Gasteiger partial charge in [0.15, 0.2) is 0 Å². The van der Waals surface area contributed by atoms with Crippen molar-refractivity contribution in [2.45, 2.75) is 26.8 Å². The summed E-state index contributed by atoms with van der Waals surface area (Å²) in [6, 6.07) is 4.34. The molecule has 0 saturated carbocycles. The Morgan fingerprint density at radius 2 is 1.88 bits per heavy atom. The first-order valence-electron chi connectivity index (χ1n) is 5.38. The molecular formula is C12H15N3S. The molecule has 0 fully saturated rings. The minimum atomic E-state index is 0.692. The molecule has 0 saturated heterocycles. The molecule has 2 heterocycles. The summed E-state index contributed by atoms with van der Waals surface area (Å²) in [5.41, 5.74) is 1.08. The van der Waals surface area contributed by atoms with Crippen molar-refractivity contribution in [1.82, 2.24) is 9.97 Å². The molecule has 0 amide bonds. The molecule has 0 aliphatic rings. The standard InChI is InChI=1S/C12H15N3S/c1-3-10-4-5-11(16-10)8-15-12-13-6-9(2)7-14-12/h4-7H,3,8H2,1-2H3,(H,13,14,15). The lowest BCUT2D eigenvalue weighted by molar-refractivity contribution is 1.06. The Morgan fingerprint density at radius 3 is 2.50 bits per heavy atom. The lowest BCUT2D eigenvalue weighted by Crippen LogP contribution is -2.01. The zero-order chi connectivity index (χ0) is 11.4. The maximum Gasteiger partial charge on any atom is 0.222 e. The van der Waals surface area contributed by atoms with Crippen molar-refractivity contribution in [1.29, 1.82) is 0 Å². The van der Waals surface area contributed by atoms with Gasteiger partial charge in [0, 0.05) is 22.1 Å². The van der Waals surface area contributed by atoms with Gasteiger partial charge < -0.3 is 5.32 Å². The molecular weight excluding hydrogens is 218 g/mol. The van der Waals surface area contributed by atoms with Gasteiger partial charge in [-0.1, -0.05) is 6.92 Å². The summed E-state index contributed by atoms with van der Waals surface area (Å²) in [5, 5.41) is 3.21. The van der Waals surface area contributed by atoms with E-state index in [1.807, 2.05) is 30.7 Å². The van der Waals surface area contributed by atoms with Crippen LogP contribution in [0.3, 0.4) is 0 Å². The Labute approximate surface area is 99.6 Å². The maximum absolute atomic E-state index is 4.20. The first-order valence-corrected chi connectivity index (χ1v) is 6.19. The molecule has 1 N–H and O–H groups in total. The van der Waals surface area contributed by atoms with Crippen molar-refractivity contribution in [3.63, 3.8) is 0 Å². The Balaban J connectivity index is 1.94. The van der Waals surface area contributed by atoms with Crippen molar-refractivity contribution < 1.29 is 0 Å². The second-order valence-corrected chi connectivity index (χ2v) is 4.91. The molecule has 0 atom stereocenters. The van der Waals surface area contributed by atoms with Crippen LogP contribution in [0.25, 0.3) is 0 Å². The topological polar surface area (TPSA) is 37.8 Å². The van der Waals surface area contributed by atoms with Gasteiger partial charge in [-0.25, -0.2) is 9.97 Å². The number of thiophene rings is 1.